The summed E-state index contributed by atoms with van der Waals surface area (Å²) in [5.74, 6) is 2.25. The number of hydrogen-bond acceptors (Lipinski definition) is 4. The van der Waals surface area contributed by atoms with E-state index in [1.807, 2.05) is 12.1 Å². The van der Waals surface area contributed by atoms with Crippen LogP contribution in [0.4, 0.5) is 0 Å². The lowest BCUT2D eigenvalue weighted by atomic mass is 10.1. The fraction of sp³-hybridized carbons (Fsp3) is 0.571. The number of rotatable bonds is 5. The van der Waals surface area contributed by atoms with Gasteiger partial charge in [0.15, 0.2) is 11.5 Å². The van der Waals surface area contributed by atoms with E-state index in [9.17, 15) is 0 Å². The standard InChI is InChI=1S/C14H19NO3/c1-14(3-4-14)8-15-7-10-5-11(16-2)13-12(6-10)17-9-18-13/h5-6,15H,3-4,7-9H2,1-2H3. The van der Waals surface area contributed by atoms with Crippen LogP contribution < -0.4 is 19.5 Å². The van der Waals surface area contributed by atoms with E-state index in [0.29, 0.717) is 5.41 Å². The van der Waals surface area contributed by atoms with Crippen LogP contribution >= 0.6 is 0 Å². The summed E-state index contributed by atoms with van der Waals surface area (Å²) in [6.45, 7) is 4.51. The maximum Gasteiger partial charge on any atom is 0.231 e. The van der Waals surface area contributed by atoms with Crippen LogP contribution in [0.15, 0.2) is 12.1 Å². The SMILES string of the molecule is COc1cc(CNCC2(C)CC2)cc2c1OCO2. The Kier molecular flexibility index (Phi) is 2.82. The van der Waals surface area contributed by atoms with E-state index >= 15 is 0 Å². The van der Waals surface area contributed by atoms with Crippen LogP contribution in [0.2, 0.25) is 0 Å². The Morgan fingerprint density at radius 1 is 1.33 bits per heavy atom. The Morgan fingerprint density at radius 3 is 2.89 bits per heavy atom. The molecule has 0 saturated heterocycles. The second kappa shape index (κ2) is 4.35. The molecule has 1 aromatic carbocycles. The van der Waals surface area contributed by atoms with Gasteiger partial charge in [0.05, 0.1) is 7.11 Å². The fourth-order valence-electron chi connectivity index (χ4n) is 2.18. The molecule has 3 rings (SSSR count). The van der Waals surface area contributed by atoms with Crippen molar-refractivity contribution in [1.82, 2.24) is 5.32 Å². The van der Waals surface area contributed by atoms with Gasteiger partial charge < -0.3 is 19.5 Å². The number of nitrogens with one attached hydrogen (secondary N) is 1. The number of fused-ring (bicyclic) bond motifs is 1. The maximum atomic E-state index is 5.41. The van der Waals surface area contributed by atoms with E-state index in [1.54, 1.807) is 7.11 Å². The zero-order valence-electron chi connectivity index (χ0n) is 10.9. The molecular weight excluding hydrogens is 230 g/mol. The quantitative estimate of drug-likeness (QED) is 0.869. The van der Waals surface area contributed by atoms with Crippen LogP contribution in [0.1, 0.15) is 25.3 Å². The van der Waals surface area contributed by atoms with Crippen LogP contribution in [0.5, 0.6) is 17.2 Å². The van der Waals surface area contributed by atoms with Gasteiger partial charge in [-0.25, -0.2) is 0 Å². The molecule has 0 unspecified atom stereocenters. The lowest BCUT2D eigenvalue weighted by Gasteiger charge is -2.11. The highest BCUT2D eigenvalue weighted by molar-refractivity contribution is 5.55. The molecule has 4 nitrogen and oxygen atoms in total. The molecule has 0 atom stereocenters. The molecule has 1 aliphatic carbocycles. The van der Waals surface area contributed by atoms with Crippen molar-refractivity contribution in [3.05, 3.63) is 17.7 Å². The van der Waals surface area contributed by atoms with Gasteiger partial charge in [-0.2, -0.15) is 0 Å². The van der Waals surface area contributed by atoms with Crippen molar-refractivity contribution in [3.8, 4) is 17.2 Å². The van der Waals surface area contributed by atoms with Crippen molar-refractivity contribution in [2.24, 2.45) is 5.41 Å². The number of benzene rings is 1. The van der Waals surface area contributed by atoms with E-state index in [4.69, 9.17) is 14.2 Å². The zero-order valence-corrected chi connectivity index (χ0v) is 10.9. The minimum atomic E-state index is 0.278. The van der Waals surface area contributed by atoms with Crippen LogP contribution in [0.25, 0.3) is 0 Å². The highest BCUT2D eigenvalue weighted by Crippen LogP contribution is 2.44. The first-order valence-corrected chi connectivity index (χ1v) is 6.37. The monoisotopic (exact) mass is 249 g/mol. The average Bonchev–Trinajstić information content (AvgIpc) is 2.91. The maximum absolute atomic E-state index is 5.41. The Hall–Kier alpha value is -1.42. The molecule has 4 heteroatoms. The largest absolute Gasteiger partial charge is 0.493 e. The third-order valence-electron chi connectivity index (χ3n) is 3.70. The summed E-state index contributed by atoms with van der Waals surface area (Å²) in [5, 5.41) is 3.49. The minimum absolute atomic E-state index is 0.278. The van der Waals surface area contributed by atoms with Crippen molar-refractivity contribution >= 4 is 0 Å². The van der Waals surface area contributed by atoms with Gasteiger partial charge in [0.25, 0.3) is 0 Å². The van der Waals surface area contributed by atoms with E-state index in [0.717, 1.165) is 30.3 Å². The summed E-state index contributed by atoms with van der Waals surface area (Å²) in [4.78, 5) is 0. The zero-order chi connectivity index (χ0) is 12.6. The molecule has 0 radical (unpaired) electrons. The van der Waals surface area contributed by atoms with Crippen LogP contribution in [-0.2, 0) is 6.54 Å². The summed E-state index contributed by atoms with van der Waals surface area (Å²) in [7, 11) is 1.65. The van der Waals surface area contributed by atoms with E-state index in [2.05, 4.69) is 12.2 Å². The molecule has 1 aliphatic heterocycles. The first kappa shape index (κ1) is 11.7. The van der Waals surface area contributed by atoms with Gasteiger partial charge in [0.2, 0.25) is 12.5 Å². The Labute approximate surface area is 107 Å². The molecule has 1 N–H and O–H groups in total. The fourth-order valence-corrected chi connectivity index (χ4v) is 2.18. The summed E-state index contributed by atoms with van der Waals surface area (Å²) >= 11 is 0. The van der Waals surface area contributed by atoms with Crippen molar-refractivity contribution in [3.63, 3.8) is 0 Å². The molecule has 1 aromatic rings. The second-order valence-corrected chi connectivity index (χ2v) is 5.45. The lowest BCUT2D eigenvalue weighted by Crippen LogP contribution is -2.21. The summed E-state index contributed by atoms with van der Waals surface area (Å²) in [6, 6.07) is 4.03. The van der Waals surface area contributed by atoms with Gasteiger partial charge in [-0.3, -0.25) is 0 Å². The highest BCUT2D eigenvalue weighted by atomic mass is 16.7. The number of methoxy groups -OCH3 is 1. The lowest BCUT2D eigenvalue weighted by molar-refractivity contribution is 0.171. The highest BCUT2D eigenvalue weighted by Gasteiger charge is 2.36. The first-order valence-electron chi connectivity index (χ1n) is 6.37. The first-order chi connectivity index (χ1) is 8.70. The summed E-state index contributed by atoms with van der Waals surface area (Å²) in [6.07, 6.45) is 2.68. The predicted molar refractivity (Wildman–Crippen MR) is 68.2 cm³/mol. The molecule has 1 heterocycles. The molecule has 2 aliphatic rings. The molecule has 1 fully saturated rings. The molecule has 0 spiro atoms. The van der Waals surface area contributed by atoms with E-state index in [1.165, 1.54) is 18.4 Å². The molecule has 0 aromatic heterocycles. The molecule has 1 saturated carbocycles. The van der Waals surface area contributed by atoms with Crippen molar-refractivity contribution < 1.29 is 14.2 Å². The smallest absolute Gasteiger partial charge is 0.231 e. The van der Waals surface area contributed by atoms with E-state index < -0.39 is 0 Å². The molecule has 0 bridgehead atoms. The molecular formula is C14H19NO3. The molecule has 0 amide bonds. The van der Waals surface area contributed by atoms with Crippen molar-refractivity contribution in [2.75, 3.05) is 20.4 Å². The van der Waals surface area contributed by atoms with Gasteiger partial charge in [0, 0.05) is 13.1 Å². The predicted octanol–water partition coefficient (Wildman–Crippen LogP) is 2.31. The van der Waals surface area contributed by atoms with Gasteiger partial charge in [-0.1, -0.05) is 6.92 Å². The van der Waals surface area contributed by atoms with E-state index in [-0.39, 0.29) is 6.79 Å². The number of ether oxygens (including phenoxy) is 3. The number of hydrogen-bond donors (Lipinski definition) is 1. The minimum Gasteiger partial charge on any atom is -0.493 e. The third-order valence-corrected chi connectivity index (χ3v) is 3.70. The van der Waals surface area contributed by atoms with Gasteiger partial charge in [0.1, 0.15) is 0 Å². The second-order valence-electron chi connectivity index (χ2n) is 5.45. The Bertz CT molecular complexity index is 455. The van der Waals surface area contributed by atoms with Crippen molar-refractivity contribution in [1.29, 1.82) is 0 Å². The van der Waals surface area contributed by atoms with Crippen molar-refractivity contribution in [2.45, 2.75) is 26.3 Å². The summed E-state index contributed by atoms with van der Waals surface area (Å²) in [5.41, 5.74) is 1.70. The van der Waals surface area contributed by atoms with Gasteiger partial charge in [-0.15, -0.1) is 0 Å². The Morgan fingerprint density at radius 2 is 2.17 bits per heavy atom. The van der Waals surface area contributed by atoms with Crippen LogP contribution in [-0.4, -0.2) is 20.4 Å². The Balaban J connectivity index is 1.68. The molecule has 98 valence electrons. The van der Waals surface area contributed by atoms with Gasteiger partial charge in [-0.05, 0) is 36.0 Å². The third kappa shape index (κ3) is 2.25. The topological polar surface area (TPSA) is 39.7 Å². The molecule has 18 heavy (non-hydrogen) atoms. The van der Waals surface area contributed by atoms with Crippen LogP contribution in [0.3, 0.4) is 0 Å². The van der Waals surface area contributed by atoms with Gasteiger partial charge >= 0.3 is 0 Å². The average molecular weight is 249 g/mol. The normalized spacial score (nSPS) is 18.8. The van der Waals surface area contributed by atoms with Crippen LogP contribution in [0, 0.1) is 5.41 Å². The summed E-state index contributed by atoms with van der Waals surface area (Å²) < 4.78 is 16.1.